The van der Waals surface area contributed by atoms with Crippen molar-refractivity contribution in [1.29, 1.82) is 0 Å². The first-order valence-electron chi connectivity index (χ1n) is 15.1. The van der Waals surface area contributed by atoms with Crippen LogP contribution in [0.2, 0.25) is 0 Å². The first-order valence-corrected chi connectivity index (χ1v) is 15.1. The molecule has 0 saturated heterocycles. The number of aliphatic hydroxyl groups is 1. The van der Waals surface area contributed by atoms with Crippen molar-refractivity contribution in [3.63, 3.8) is 0 Å². The molecule has 0 fully saturated rings. The van der Waals surface area contributed by atoms with E-state index >= 15 is 0 Å². The van der Waals surface area contributed by atoms with Crippen LogP contribution < -0.4 is 10.3 Å². The van der Waals surface area contributed by atoms with E-state index in [1.54, 1.807) is 46.0 Å². The maximum atomic E-state index is 13.6. The Morgan fingerprint density at radius 3 is 2.16 bits per heavy atom. The van der Waals surface area contributed by atoms with E-state index in [0.29, 0.717) is 64.1 Å². The Morgan fingerprint density at radius 1 is 0.939 bits per heavy atom. The fraction of sp³-hybridized carbons (Fsp3) is 0.306. The minimum absolute atomic E-state index is 0.0321. The van der Waals surface area contributed by atoms with Gasteiger partial charge in [-0.1, -0.05) is 0 Å². The number of carboxylic acids is 1. The van der Waals surface area contributed by atoms with E-state index in [1.165, 1.54) is 12.1 Å². The van der Waals surface area contributed by atoms with Crippen LogP contribution in [0.4, 0.5) is 26.3 Å². The van der Waals surface area contributed by atoms with Gasteiger partial charge in [0.1, 0.15) is 5.75 Å². The Morgan fingerprint density at radius 2 is 1.57 bits per heavy atom. The number of halogens is 6. The highest BCUT2D eigenvalue weighted by Gasteiger charge is 2.37. The van der Waals surface area contributed by atoms with E-state index < -0.39 is 53.6 Å². The molecule has 49 heavy (non-hydrogen) atoms. The van der Waals surface area contributed by atoms with Crippen molar-refractivity contribution in [3.05, 3.63) is 105 Å². The summed E-state index contributed by atoms with van der Waals surface area (Å²) >= 11 is 0. The molecule has 0 atom stereocenters. The number of hydrogen-bond donors (Lipinski definition) is 2. The first-order chi connectivity index (χ1) is 22.7. The van der Waals surface area contributed by atoms with Gasteiger partial charge in [0.15, 0.2) is 0 Å². The van der Waals surface area contributed by atoms with Crippen molar-refractivity contribution in [2.24, 2.45) is 0 Å². The Balaban J connectivity index is 0.000000874. The quantitative estimate of drug-likeness (QED) is 0.182. The van der Waals surface area contributed by atoms with Gasteiger partial charge in [-0.25, -0.2) is 0 Å². The maximum Gasteiger partial charge on any atom is 0.416 e. The van der Waals surface area contributed by atoms with Crippen molar-refractivity contribution in [1.82, 2.24) is 9.55 Å². The van der Waals surface area contributed by atoms with Gasteiger partial charge in [-0.15, -0.1) is 0 Å². The Hall–Kier alpha value is -4.91. The van der Waals surface area contributed by atoms with E-state index in [2.05, 4.69) is 4.98 Å². The number of alkyl halides is 6. The van der Waals surface area contributed by atoms with Crippen molar-refractivity contribution in [3.8, 4) is 16.9 Å². The van der Waals surface area contributed by atoms with Crippen molar-refractivity contribution in [2.75, 3.05) is 6.61 Å². The van der Waals surface area contributed by atoms with Gasteiger partial charge in [-0.2, -0.15) is 26.3 Å². The lowest BCUT2D eigenvalue weighted by atomic mass is 9.87. The van der Waals surface area contributed by atoms with Gasteiger partial charge in [-0.05, 0) is 104 Å². The predicted octanol–water partition coefficient (Wildman–Crippen LogP) is 7.95. The summed E-state index contributed by atoms with van der Waals surface area (Å²) in [6.07, 6.45) is -8.24. The predicted molar refractivity (Wildman–Crippen MR) is 172 cm³/mol. The largest absolute Gasteiger partial charge is 0.493 e. The first kappa shape index (κ1) is 35.4. The number of carboxylic acid groups (broad SMARTS) is 1. The number of rotatable bonds is 5. The molecule has 2 N–H and O–H groups in total. The summed E-state index contributed by atoms with van der Waals surface area (Å²) in [6.45, 7) is 6.74. The van der Waals surface area contributed by atoms with Gasteiger partial charge in [0, 0.05) is 35.0 Å². The normalized spacial score (nSPS) is 13.2. The lowest BCUT2D eigenvalue weighted by molar-refractivity contribution is -0.143. The topological polar surface area (TPSA) is 102 Å². The smallest absolute Gasteiger partial charge is 0.416 e. The Labute approximate surface area is 276 Å². The highest BCUT2D eigenvalue weighted by atomic mass is 19.4. The number of benzene rings is 3. The molecule has 7 nitrogen and oxygen atoms in total. The summed E-state index contributed by atoms with van der Waals surface area (Å²) in [7, 11) is 0. The molecule has 0 spiro atoms. The zero-order chi connectivity index (χ0) is 36.1. The lowest BCUT2D eigenvalue weighted by Crippen LogP contribution is -2.21. The van der Waals surface area contributed by atoms with Crippen LogP contribution in [0.1, 0.15) is 54.2 Å². The molecule has 0 amide bonds. The van der Waals surface area contributed by atoms with Crippen LogP contribution >= 0.6 is 0 Å². The molecular formula is C36H32F6N2O5. The standard InChI is InChI=1S/C32H22F6N2O4.C4H10O/c1-16-10-24-21(3-5-26(41)40(24)15-17-11-19(31(33,34)35)13-20(12-17)32(36,37)38)29(23(16)14-27(42)43)22-2-4-25-28-18(7-9-44-25)6-8-39-30(22)28;1-4(2,3)5/h2-6,8,10-13H,7,9,14-15H2,1H3,(H,42,43);5H,1-3H3. The molecular weight excluding hydrogens is 654 g/mol. The van der Waals surface area contributed by atoms with Gasteiger partial charge < -0.3 is 19.5 Å². The average Bonchev–Trinajstić information content (AvgIpc) is 2.98. The molecule has 5 aromatic rings. The van der Waals surface area contributed by atoms with Gasteiger partial charge in [0.25, 0.3) is 5.56 Å². The maximum absolute atomic E-state index is 13.6. The van der Waals surface area contributed by atoms with E-state index in [9.17, 15) is 41.0 Å². The number of aromatic nitrogens is 2. The van der Waals surface area contributed by atoms with E-state index in [1.807, 2.05) is 6.07 Å². The van der Waals surface area contributed by atoms with Crippen molar-refractivity contribution >= 4 is 27.8 Å². The number of hydrogen-bond acceptors (Lipinski definition) is 5. The number of fused-ring (bicyclic) bond motifs is 1. The lowest BCUT2D eigenvalue weighted by Gasteiger charge is -2.22. The molecule has 1 aliphatic heterocycles. The van der Waals surface area contributed by atoms with Crippen LogP contribution in [-0.2, 0) is 36.5 Å². The van der Waals surface area contributed by atoms with Crippen LogP contribution in [0.15, 0.2) is 65.6 Å². The second kappa shape index (κ2) is 12.8. The molecule has 0 radical (unpaired) electrons. The van der Waals surface area contributed by atoms with Gasteiger partial charge >= 0.3 is 18.3 Å². The number of aryl methyl sites for hydroxylation is 1. The van der Waals surface area contributed by atoms with Gasteiger partial charge in [0.05, 0.1) is 47.3 Å². The molecule has 13 heteroatoms. The zero-order valence-corrected chi connectivity index (χ0v) is 26.9. The van der Waals surface area contributed by atoms with E-state index in [4.69, 9.17) is 9.84 Å². The van der Waals surface area contributed by atoms with Gasteiger partial charge in [0.2, 0.25) is 0 Å². The number of carbonyl (C=O) groups is 1. The summed E-state index contributed by atoms with van der Waals surface area (Å²) in [4.78, 5) is 29.7. The summed E-state index contributed by atoms with van der Waals surface area (Å²) in [5, 5.41) is 19.4. The van der Waals surface area contributed by atoms with Crippen LogP contribution in [0, 0.1) is 6.92 Å². The Bertz CT molecular complexity index is 2100. The molecule has 0 aliphatic carbocycles. The summed E-state index contributed by atoms with van der Waals surface area (Å²) in [5.74, 6) is -0.513. The molecule has 1 aliphatic rings. The van der Waals surface area contributed by atoms with Crippen molar-refractivity contribution in [2.45, 2.75) is 65.0 Å². The minimum atomic E-state index is -5.05. The molecule has 258 valence electrons. The third kappa shape index (κ3) is 7.72. The number of aliphatic carboxylic acids is 1. The molecule has 2 aromatic heterocycles. The van der Waals surface area contributed by atoms with Crippen LogP contribution in [0.5, 0.6) is 5.75 Å². The highest BCUT2D eigenvalue weighted by Crippen LogP contribution is 2.42. The highest BCUT2D eigenvalue weighted by molar-refractivity contribution is 6.08. The minimum Gasteiger partial charge on any atom is -0.493 e. The van der Waals surface area contributed by atoms with Crippen LogP contribution in [0.3, 0.4) is 0 Å². The molecule has 0 saturated carbocycles. The third-order valence-electron chi connectivity index (χ3n) is 7.78. The summed E-state index contributed by atoms with van der Waals surface area (Å²) in [6, 6.07) is 10.7. The SMILES string of the molecule is CC(C)(C)O.Cc1cc2c(ccc(=O)n2Cc2cc(C(F)(F)F)cc(C(F)(F)F)c2)c(-c2ccc3c4c(ccnc24)CCO3)c1CC(=O)O. The monoisotopic (exact) mass is 686 g/mol. The number of nitrogens with zero attached hydrogens (tertiary/aromatic N) is 2. The molecule has 6 rings (SSSR count). The molecule has 3 heterocycles. The van der Waals surface area contributed by atoms with Gasteiger partial charge in [-0.3, -0.25) is 14.6 Å². The fourth-order valence-electron chi connectivity index (χ4n) is 5.86. The van der Waals surface area contributed by atoms with E-state index in [0.717, 1.165) is 21.6 Å². The van der Waals surface area contributed by atoms with Crippen LogP contribution in [0.25, 0.3) is 32.9 Å². The molecule has 3 aromatic carbocycles. The number of ether oxygens (including phenoxy) is 1. The molecule has 0 unspecified atom stereocenters. The van der Waals surface area contributed by atoms with Crippen molar-refractivity contribution < 1.29 is 46.1 Å². The van der Waals surface area contributed by atoms with E-state index in [-0.39, 0.29) is 17.1 Å². The average molecular weight is 687 g/mol. The fourth-order valence-corrected chi connectivity index (χ4v) is 5.86. The number of pyridine rings is 2. The van der Waals surface area contributed by atoms with Crippen LogP contribution in [-0.4, -0.2) is 37.9 Å². The summed E-state index contributed by atoms with van der Waals surface area (Å²) in [5.41, 5.74) is -0.926. The third-order valence-corrected chi connectivity index (χ3v) is 7.78. The second-order valence-electron chi connectivity index (χ2n) is 12.8. The zero-order valence-electron chi connectivity index (χ0n) is 26.9. The second-order valence-corrected chi connectivity index (χ2v) is 12.8. The Kier molecular flexibility index (Phi) is 9.28. The summed E-state index contributed by atoms with van der Waals surface area (Å²) < 4.78 is 88.3. The molecule has 0 bridgehead atoms.